The highest BCUT2D eigenvalue weighted by Gasteiger charge is 2.87. The van der Waals surface area contributed by atoms with E-state index in [1.807, 2.05) is 0 Å². The Morgan fingerprint density at radius 3 is 1.58 bits per heavy atom. The minimum absolute atomic E-state index is 0.462. The molecule has 0 unspecified atom stereocenters. The van der Waals surface area contributed by atoms with Crippen LogP contribution in [-0.2, 0) is 4.74 Å². The summed E-state index contributed by atoms with van der Waals surface area (Å²) in [4.78, 5) is 11.4. The molecule has 1 N–H and O–H groups in total. The van der Waals surface area contributed by atoms with Crippen LogP contribution in [0.5, 0.6) is 5.75 Å². The molecule has 0 amide bonds. The van der Waals surface area contributed by atoms with Gasteiger partial charge in [0.2, 0.25) is 0 Å². The Balaban J connectivity index is 3.24. The quantitative estimate of drug-likeness (QED) is 0.363. The van der Waals surface area contributed by atoms with Crippen LogP contribution in [0.3, 0.4) is 0 Å². The van der Waals surface area contributed by atoms with Crippen LogP contribution in [0.25, 0.3) is 0 Å². The number of phenolic OH excluding ortho intramolecular Hbond substituents is 1. The number of hydrogen-bond acceptors (Lipinski definition) is 3. The van der Waals surface area contributed by atoms with E-state index in [2.05, 4.69) is 4.74 Å². The van der Waals surface area contributed by atoms with Crippen LogP contribution in [0.2, 0.25) is 0 Å². The van der Waals surface area contributed by atoms with Gasteiger partial charge in [-0.05, 0) is 24.3 Å². The van der Waals surface area contributed by atoms with Crippen LogP contribution < -0.4 is 0 Å². The summed E-state index contributed by atoms with van der Waals surface area (Å²) in [6, 6.07) is 2.17. The Morgan fingerprint density at radius 1 is 0.710 bits per heavy atom. The molecule has 0 heterocycles. The molecule has 16 heteroatoms. The number of phenols is 1. The lowest BCUT2D eigenvalue weighted by atomic mass is 9.95. The maximum Gasteiger partial charge on any atom is 0.473 e. The number of rotatable bonds is 8. The van der Waals surface area contributed by atoms with E-state index in [1.165, 1.54) is 0 Å². The van der Waals surface area contributed by atoms with Gasteiger partial charge in [-0.2, -0.15) is 57.1 Å². The third-order valence-corrected chi connectivity index (χ3v) is 3.66. The van der Waals surface area contributed by atoms with Crippen LogP contribution in [0, 0.1) is 0 Å². The second-order valence-electron chi connectivity index (χ2n) is 6.00. The fourth-order valence-corrected chi connectivity index (χ4v) is 1.90. The van der Waals surface area contributed by atoms with Gasteiger partial charge < -0.3 is 9.84 Å². The average Bonchev–Trinajstić information content (AvgIpc) is 2.59. The molecule has 0 aromatic heterocycles. The number of ether oxygens (including phenoxy) is 1. The Morgan fingerprint density at radius 2 is 1.16 bits per heavy atom. The van der Waals surface area contributed by atoms with E-state index >= 15 is 0 Å². The van der Waals surface area contributed by atoms with Crippen molar-refractivity contribution >= 4 is 5.97 Å². The lowest BCUT2D eigenvalue weighted by Gasteiger charge is -2.38. The fourth-order valence-electron chi connectivity index (χ4n) is 1.90. The van der Waals surface area contributed by atoms with Crippen molar-refractivity contribution < 1.29 is 71.7 Å². The van der Waals surface area contributed by atoms with Crippen LogP contribution in [0.1, 0.15) is 23.2 Å². The summed E-state index contributed by atoms with van der Waals surface area (Å²) in [7, 11) is 0. The molecule has 1 aromatic rings. The lowest BCUT2D eigenvalue weighted by molar-refractivity contribution is -0.436. The number of carbonyl (C=O) groups excluding carboxylic acids is 1. The fraction of sp³-hybridized carbons (Fsp3) is 0.533. The summed E-state index contributed by atoms with van der Waals surface area (Å²) in [6.45, 7) is 0. The highest BCUT2D eigenvalue weighted by atomic mass is 19.4. The van der Waals surface area contributed by atoms with Gasteiger partial charge in [-0.25, -0.2) is 4.79 Å². The second kappa shape index (κ2) is 7.93. The first-order valence-corrected chi connectivity index (χ1v) is 7.57. The molecule has 0 atom stereocenters. The monoisotopic (exact) mass is 484 g/mol. The highest BCUT2D eigenvalue weighted by molar-refractivity contribution is 5.89. The van der Waals surface area contributed by atoms with Crippen molar-refractivity contribution in [2.75, 3.05) is 0 Å². The van der Waals surface area contributed by atoms with Gasteiger partial charge in [0.25, 0.3) is 0 Å². The average molecular weight is 484 g/mol. The Kier molecular flexibility index (Phi) is 6.81. The molecule has 31 heavy (non-hydrogen) atoms. The molecule has 0 aliphatic heterocycles. The van der Waals surface area contributed by atoms with E-state index in [4.69, 9.17) is 5.11 Å². The topological polar surface area (TPSA) is 46.5 Å². The van der Waals surface area contributed by atoms with Gasteiger partial charge in [-0.1, -0.05) is 0 Å². The van der Waals surface area contributed by atoms with E-state index < -0.39 is 66.1 Å². The number of halogens is 13. The van der Waals surface area contributed by atoms with Gasteiger partial charge in [0, 0.05) is 12.8 Å². The number of hydrogen-bond donors (Lipinski definition) is 1. The number of alkyl halides is 13. The van der Waals surface area contributed by atoms with Gasteiger partial charge >= 0.3 is 41.9 Å². The number of esters is 1. The first kappa shape index (κ1) is 26.6. The van der Waals surface area contributed by atoms with Crippen LogP contribution >= 0.6 is 0 Å². The van der Waals surface area contributed by atoms with Gasteiger partial charge in [0.05, 0.1) is 5.56 Å². The zero-order valence-corrected chi connectivity index (χ0v) is 14.4. The first-order valence-electron chi connectivity index (χ1n) is 7.57. The minimum atomic E-state index is -7.69. The van der Waals surface area contributed by atoms with Crippen LogP contribution in [0.4, 0.5) is 57.1 Å². The summed E-state index contributed by atoms with van der Waals surface area (Å²) < 4.78 is 173. The van der Waals surface area contributed by atoms with Crippen LogP contribution in [-0.4, -0.2) is 47.1 Å². The molecule has 0 aliphatic carbocycles. The lowest BCUT2D eigenvalue weighted by Crippen LogP contribution is -2.68. The molecule has 0 aliphatic rings. The van der Waals surface area contributed by atoms with Crippen molar-refractivity contribution in [2.45, 2.75) is 48.8 Å². The largest absolute Gasteiger partial charge is 0.508 e. The van der Waals surface area contributed by atoms with E-state index in [0.717, 1.165) is 0 Å². The SMILES string of the molecule is O=C(OC(F)(F)C(F)(F)C(F)(F)C(F)(F)C(F)(F)CCC(F)(F)F)c1ccc(O)cc1. The predicted octanol–water partition coefficient (Wildman–Crippen LogP) is 6.03. The first-order chi connectivity index (χ1) is 13.6. The molecular formula is C15H9F13O3. The minimum Gasteiger partial charge on any atom is -0.508 e. The number of aromatic hydroxyl groups is 1. The highest BCUT2D eigenvalue weighted by Crippen LogP contribution is 2.58. The standard InChI is InChI=1S/C15H9F13O3/c16-10(17,5-6-11(18,19)20)12(21,22)13(23,24)14(25,26)15(27,28)31-9(30)7-1-3-8(29)4-2-7/h1-4,29H,5-6H2. The normalized spacial score (nSPS) is 14.5. The van der Waals surface area contributed by atoms with E-state index in [9.17, 15) is 61.9 Å². The van der Waals surface area contributed by atoms with Crippen molar-refractivity contribution in [3.05, 3.63) is 29.8 Å². The molecule has 0 spiro atoms. The maximum absolute atomic E-state index is 13.6. The Labute approximate surface area is 163 Å². The molecule has 0 saturated heterocycles. The number of benzene rings is 1. The van der Waals surface area contributed by atoms with Gasteiger partial charge in [0.1, 0.15) is 5.75 Å². The van der Waals surface area contributed by atoms with E-state index in [0.29, 0.717) is 24.3 Å². The van der Waals surface area contributed by atoms with E-state index in [1.54, 1.807) is 0 Å². The zero-order chi connectivity index (χ0) is 24.7. The summed E-state index contributed by atoms with van der Waals surface area (Å²) in [6.07, 6.45) is -18.4. The third kappa shape index (κ3) is 5.08. The van der Waals surface area contributed by atoms with Crippen molar-refractivity contribution in [2.24, 2.45) is 0 Å². The summed E-state index contributed by atoms with van der Waals surface area (Å²) in [5, 5.41) is 8.92. The van der Waals surface area contributed by atoms with Crippen molar-refractivity contribution in [3.8, 4) is 5.75 Å². The van der Waals surface area contributed by atoms with Crippen LogP contribution in [0.15, 0.2) is 24.3 Å². The van der Waals surface area contributed by atoms with Gasteiger partial charge in [0.15, 0.2) is 0 Å². The van der Waals surface area contributed by atoms with E-state index in [-0.39, 0.29) is 0 Å². The molecule has 1 aromatic carbocycles. The molecule has 0 radical (unpaired) electrons. The third-order valence-electron chi connectivity index (χ3n) is 3.66. The van der Waals surface area contributed by atoms with Crippen molar-refractivity contribution in [1.82, 2.24) is 0 Å². The molecule has 0 fully saturated rings. The predicted molar refractivity (Wildman–Crippen MR) is 73.5 cm³/mol. The Hall–Kier alpha value is -2.42. The molecular weight excluding hydrogens is 475 g/mol. The molecule has 1 rings (SSSR count). The molecule has 3 nitrogen and oxygen atoms in total. The smallest absolute Gasteiger partial charge is 0.473 e. The van der Waals surface area contributed by atoms with Crippen molar-refractivity contribution in [3.63, 3.8) is 0 Å². The summed E-state index contributed by atoms with van der Waals surface area (Å²) >= 11 is 0. The summed E-state index contributed by atoms with van der Waals surface area (Å²) in [5.74, 6) is -32.2. The number of carbonyl (C=O) groups is 1. The molecule has 0 bridgehead atoms. The maximum atomic E-state index is 13.6. The molecule has 178 valence electrons. The van der Waals surface area contributed by atoms with Gasteiger partial charge in [-0.15, -0.1) is 0 Å². The zero-order valence-electron chi connectivity index (χ0n) is 14.4. The van der Waals surface area contributed by atoms with Crippen molar-refractivity contribution in [1.29, 1.82) is 0 Å². The second-order valence-corrected chi connectivity index (χ2v) is 6.00. The summed E-state index contributed by atoms with van der Waals surface area (Å²) in [5.41, 5.74) is -1.07. The Bertz CT molecular complexity index is 784. The van der Waals surface area contributed by atoms with Gasteiger partial charge in [-0.3, -0.25) is 0 Å². The molecule has 0 saturated carbocycles.